The summed E-state index contributed by atoms with van der Waals surface area (Å²) in [6.07, 6.45) is 3.21. The Kier molecular flexibility index (Phi) is 2.85. The maximum atomic E-state index is 8.60. The van der Waals surface area contributed by atoms with E-state index in [2.05, 4.69) is 19.9 Å². The molecule has 3 rings (SSSR count). The van der Waals surface area contributed by atoms with E-state index in [1.807, 2.05) is 18.4 Å². The van der Waals surface area contributed by atoms with E-state index < -0.39 is 0 Å². The van der Waals surface area contributed by atoms with Crippen LogP contribution in [0.4, 0.5) is 0 Å². The Morgan fingerprint density at radius 2 is 2.26 bits per heavy atom. The highest BCUT2D eigenvalue weighted by molar-refractivity contribution is 7.10. The van der Waals surface area contributed by atoms with Crippen molar-refractivity contribution in [3.63, 3.8) is 0 Å². The number of aromatic nitrogens is 4. The number of nitriles is 1. The van der Waals surface area contributed by atoms with E-state index >= 15 is 0 Å². The van der Waals surface area contributed by atoms with Crippen molar-refractivity contribution in [2.24, 2.45) is 0 Å². The monoisotopic (exact) mass is 271 g/mol. The van der Waals surface area contributed by atoms with E-state index in [9.17, 15) is 0 Å². The number of hydrogen-bond donors (Lipinski definition) is 1. The lowest BCUT2D eigenvalue weighted by atomic mass is 10.2. The van der Waals surface area contributed by atoms with Gasteiger partial charge in [0.2, 0.25) is 0 Å². The Morgan fingerprint density at radius 1 is 1.42 bits per heavy atom. The molecular formula is C12H9N5OS. The van der Waals surface area contributed by atoms with Crippen molar-refractivity contribution in [3.8, 4) is 23.2 Å². The molecule has 0 aliphatic carbocycles. The van der Waals surface area contributed by atoms with Gasteiger partial charge >= 0.3 is 0 Å². The van der Waals surface area contributed by atoms with Gasteiger partial charge in [-0.15, -0.1) is 11.3 Å². The zero-order valence-electron chi connectivity index (χ0n) is 10.0. The number of nitrogens with one attached hydrogen (secondary N) is 1. The van der Waals surface area contributed by atoms with E-state index in [1.165, 1.54) is 0 Å². The highest BCUT2D eigenvalue weighted by Gasteiger charge is 2.16. The smallest absolute Gasteiger partial charge is 0.197 e. The molecule has 0 aliphatic heterocycles. The predicted octanol–water partition coefficient (Wildman–Crippen LogP) is 2.29. The summed E-state index contributed by atoms with van der Waals surface area (Å²) in [5, 5.41) is 10.5. The van der Waals surface area contributed by atoms with Crippen LogP contribution >= 0.6 is 11.3 Å². The number of thiophene rings is 1. The third-order valence-electron chi connectivity index (χ3n) is 2.60. The van der Waals surface area contributed by atoms with E-state index in [-0.39, 0.29) is 6.61 Å². The predicted molar refractivity (Wildman–Crippen MR) is 70.8 cm³/mol. The number of aryl methyl sites for hydroxylation is 1. The Balaban J connectivity index is 2.10. The summed E-state index contributed by atoms with van der Waals surface area (Å²) in [7, 11) is 0. The molecule has 0 atom stereocenters. The van der Waals surface area contributed by atoms with Crippen LogP contribution in [0.15, 0.2) is 17.8 Å². The fraction of sp³-hybridized carbons (Fsp3) is 0.167. The summed E-state index contributed by atoms with van der Waals surface area (Å²) in [5.74, 6) is 1.32. The SMILES string of the molecule is Cc1scc(OCC#N)c1-c1nc2nccnc2[nH]1. The largest absolute Gasteiger partial charge is 0.477 e. The van der Waals surface area contributed by atoms with Gasteiger partial charge in [-0.3, -0.25) is 0 Å². The average molecular weight is 271 g/mol. The normalized spacial score (nSPS) is 10.5. The summed E-state index contributed by atoms with van der Waals surface area (Å²) in [5.41, 5.74) is 2.06. The van der Waals surface area contributed by atoms with Gasteiger partial charge in [-0.1, -0.05) is 0 Å². The number of rotatable bonds is 3. The van der Waals surface area contributed by atoms with Gasteiger partial charge < -0.3 is 9.72 Å². The van der Waals surface area contributed by atoms with Crippen molar-refractivity contribution in [2.75, 3.05) is 6.61 Å². The fourth-order valence-electron chi connectivity index (χ4n) is 1.80. The summed E-state index contributed by atoms with van der Waals surface area (Å²) in [6, 6.07) is 1.96. The molecule has 0 saturated carbocycles. The van der Waals surface area contributed by atoms with Crippen LogP contribution in [0.3, 0.4) is 0 Å². The van der Waals surface area contributed by atoms with E-state index in [4.69, 9.17) is 10.00 Å². The molecule has 3 heterocycles. The quantitative estimate of drug-likeness (QED) is 0.789. The summed E-state index contributed by atoms with van der Waals surface area (Å²) < 4.78 is 5.41. The molecule has 7 heteroatoms. The zero-order chi connectivity index (χ0) is 13.2. The van der Waals surface area contributed by atoms with Gasteiger partial charge in [0.15, 0.2) is 17.9 Å². The lowest BCUT2D eigenvalue weighted by Crippen LogP contribution is -1.94. The third-order valence-corrected chi connectivity index (χ3v) is 3.49. The van der Waals surface area contributed by atoms with Gasteiger partial charge in [-0.05, 0) is 6.92 Å². The Morgan fingerprint density at radius 3 is 3.05 bits per heavy atom. The molecule has 0 amide bonds. The zero-order valence-corrected chi connectivity index (χ0v) is 10.9. The first-order valence-corrected chi connectivity index (χ1v) is 6.42. The molecule has 19 heavy (non-hydrogen) atoms. The summed E-state index contributed by atoms with van der Waals surface area (Å²) in [6.45, 7) is 1.99. The molecule has 3 aromatic heterocycles. The van der Waals surface area contributed by atoms with Crippen LogP contribution < -0.4 is 4.74 Å². The van der Waals surface area contributed by atoms with Gasteiger partial charge in [0.25, 0.3) is 0 Å². The maximum Gasteiger partial charge on any atom is 0.197 e. The van der Waals surface area contributed by atoms with Gasteiger partial charge in [0.05, 0.1) is 5.56 Å². The molecular weight excluding hydrogens is 262 g/mol. The maximum absolute atomic E-state index is 8.60. The van der Waals surface area contributed by atoms with Crippen molar-refractivity contribution in [3.05, 3.63) is 22.7 Å². The van der Waals surface area contributed by atoms with Crippen LogP contribution in [-0.2, 0) is 0 Å². The average Bonchev–Trinajstić information content (AvgIpc) is 2.99. The first kappa shape index (κ1) is 11.6. The second-order valence-electron chi connectivity index (χ2n) is 3.79. The van der Waals surface area contributed by atoms with Crippen LogP contribution in [0.5, 0.6) is 5.75 Å². The van der Waals surface area contributed by atoms with Crippen LogP contribution in [0, 0.1) is 18.3 Å². The molecule has 3 aromatic rings. The Bertz CT molecular complexity index is 737. The Labute approximate surface area is 112 Å². The number of aromatic amines is 1. The number of hydrogen-bond acceptors (Lipinski definition) is 6. The number of fused-ring (bicyclic) bond motifs is 1. The summed E-state index contributed by atoms with van der Waals surface area (Å²) >= 11 is 1.55. The minimum Gasteiger partial charge on any atom is -0.477 e. The van der Waals surface area contributed by atoms with Crippen LogP contribution in [0.25, 0.3) is 22.7 Å². The number of nitrogens with zero attached hydrogens (tertiary/aromatic N) is 4. The van der Waals surface area contributed by atoms with Crippen LogP contribution in [-0.4, -0.2) is 26.5 Å². The molecule has 0 radical (unpaired) electrons. The van der Waals surface area contributed by atoms with E-state index in [1.54, 1.807) is 23.7 Å². The second kappa shape index (κ2) is 4.66. The van der Waals surface area contributed by atoms with Gasteiger partial charge in [-0.2, -0.15) is 5.26 Å². The molecule has 1 N–H and O–H groups in total. The molecule has 0 saturated heterocycles. The molecule has 0 unspecified atom stereocenters. The highest BCUT2D eigenvalue weighted by Crippen LogP contribution is 2.36. The molecule has 6 nitrogen and oxygen atoms in total. The van der Waals surface area contributed by atoms with Crippen LogP contribution in [0.2, 0.25) is 0 Å². The van der Waals surface area contributed by atoms with Gasteiger partial charge in [0.1, 0.15) is 17.6 Å². The topological polar surface area (TPSA) is 87.5 Å². The molecule has 0 aliphatic rings. The second-order valence-corrected chi connectivity index (χ2v) is 4.88. The lowest BCUT2D eigenvalue weighted by molar-refractivity contribution is 0.371. The molecule has 0 spiro atoms. The third kappa shape index (κ3) is 2.02. The highest BCUT2D eigenvalue weighted by atomic mass is 32.1. The van der Waals surface area contributed by atoms with Gasteiger partial charge in [-0.25, -0.2) is 15.0 Å². The van der Waals surface area contributed by atoms with Crippen molar-refractivity contribution in [1.29, 1.82) is 5.26 Å². The van der Waals surface area contributed by atoms with E-state index in [0.717, 1.165) is 10.4 Å². The first-order chi connectivity index (χ1) is 9.29. The minimum atomic E-state index is 0.0138. The minimum absolute atomic E-state index is 0.0138. The van der Waals surface area contributed by atoms with Gasteiger partial charge in [0, 0.05) is 22.7 Å². The standard InChI is InChI=1S/C12H9N5OS/c1-7-9(8(6-19-7)18-5-2-13)10-16-11-12(17-10)15-4-3-14-11/h3-4,6H,5H2,1H3,(H,14,15,16,17). The number of ether oxygens (including phenoxy) is 1. The molecule has 0 fully saturated rings. The Hall–Kier alpha value is -2.46. The number of imidazole rings is 1. The van der Waals surface area contributed by atoms with E-state index in [0.29, 0.717) is 22.9 Å². The van der Waals surface area contributed by atoms with Crippen LogP contribution in [0.1, 0.15) is 4.88 Å². The van der Waals surface area contributed by atoms with Crippen molar-refractivity contribution < 1.29 is 4.74 Å². The molecule has 0 aromatic carbocycles. The fourth-order valence-corrected chi connectivity index (χ4v) is 2.58. The van der Waals surface area contributed by atoms with Crippen molar-refractivity contribution in [1.82, 2.24) is 19.9 Å². The number of H-pyrrole nitrogens is 1. The first-order valence-electron chi connectivity index (χ1n) is 5.54. The summed E-state index contributed by atoms with van der Waals surface area (Å²) in [4.78, 5) is 16.9. The molecule has 94 valence electrons. The molecule has 0 bridgehead atoms. The van der Waals surface area contributed by atoms with Crippen molar-refractivity contribution >= 4 is 22.6 Å². The lowest BCUT2D eigenvalue weighted by Gasteiger charge is -2.02. The van der Waals surface area contributed by atoms with Crippen molar-refractivity contribution in [2.45, 2.75) is 6.92 Å².